The van der Waals surface area contributed by atoms with Crippen LogP contribution in [0.1, 0.15) is 15.9 Å². The van der Waals surface area contributed by atoms with E-state index in [1.54, 1.807) is 30.3 Å². The monoisotopic (exact) mass is 412 g/mol. The number of carbonyl (C=O) groups is 1. The molecular weight excluding hydrogens is 396 g/mol. The first-order valence-corrected chi connectivity index (χ1v) is 8.96. The first kappa shape index (κ1) is 20.2. The van der Waals surface area contributed by atoms with Crippen LogP contribution >= 0.6 is 11.6 Å². The van der Waals surface area contributed by atoms with E-state index in [4.69, 9.17) is 21.1 Å². The van der Waals surface area contributed by atoms with E-state index in [9.17, 15) is 14.9 Å². The van der Waals surface area contributed by atoms with Crippen molar-refractivity contribution >= 4 is 28.9 Å². The minimum Gasteiger partial charge on any atom is -0.493 e. The highest BCUT2D eigenvalue weighted by atomic mass is 35.5. The number of para-hydroxylation sites is 2. The summed E-state index contributed by atoms with van der Waals surface area (Å²) in [7, 11) is 1.47. The van der Waals surface area contributed by atoms with Gasteiger partial charge in [-0.25, -0.2) is 0 Å². The Hall–Kier alpha value is -3.58. The number of ether oxygens (including phenoxy) is 2. The fourth-order valence-corrected chi connectivity index (χ4v) is 2.73. The van der Waals surface area contributed by atoms with Crippen LogP contribution in [0.4, 0.5) is 11.4 Å². The molecule has 1 N–H and O–H groups in total. The van der Waals surface area contributed by atoms with Gasteiger partial charge < -0.3 is 14.8 Å². The molecule has 0 aliphatic carbocycles. The maximum Gasteiger partial charge on any atom is 0.292 e. The van der Waals surface area contributed by atoms with Gasteiger partial charge in [0.25, 0.3) is 11.6 Å². The van der Waals surface area contributed by atoms with Gasteiger partial charge in [0, 0.05) is 16.7 Å². The molecule has 0 saturated heterocycles. The molecule has 29 heavy (non-hydrogen) atoms. The van der Waals surface area contributed by atoms with Gasteiger partial charge in [-0.05, 0) is 42.0 Å². The molecule has 0 bridgehead atoms. The number of benzene rings is 3. The van der Waals surface area contributed by atoms with Gasteiger partial charge in [-0.2, -0.15) is 0 Å². The van der Waals surface area contributed by atoms with Crippen LogP contribution in [0.3, 0.4) is 0 Å². The van der Waals surface area contributed by atoms with Crippen molar-refractivity contribution in [2.75, 3.05) is 12.4 Å². The largest absolute Gasteiger partial charge is 0.493 e. The summed E-state index contributed by atoms with van der Waals surface area (Å²) in [6.07, 6.45) is 0. The molecule has 3 aromatic carbocycles. The van der Waals surface area contributed by atoms with E-state index in [1.807, 2.05) is 12.1 Å². The van der Waals surface area contributed by atoms with E-state index in [2.05, 4.69) is 5.32 Å². The predicted octanol–water partition coefficient (Wildman–Crippen LogP) is 5.09. The second-order valence-corrected chi connectivity index (χ2v) is 6.45. The summed E-state index contributed by atoms with van der Waals surface area (Å²) < 4.78 is 11.1. The fourth-order valence-electron chi connectivity index (χ4n) is 2.60. The molecule has 0 unspecified atom stereocenters. The molecule has 0 radical (unpaired) electrons. The predicted molar refractivity (Wildman–Crippen MR) is 110 cm³/mol. The summed E-state index contributed by atoms with van der Waals surface area (Å²) in [4.78, 5) is 23.1. The molecular formula is C21H17ClN2O5. The van der Waals surface area contributed by atoms with Crippen molar-refractivity contribution in [2.45, 2.75) is 6.61 Å². The Morgan fingerprint density at radius 2 is 1.79 bits per heavy atom. The molecule has 1 amide bonds. The van der Waals surface area contributed by atoms with Crippen molar-refractivity contribution in [3.05, 3.63) is 93.0 Å². The Bertz CT molecular complexity index is 1040. The van der Waals surface area contributed by atoms with E-state index in [-0.39, 0.29) is 16.9 Å². The summed E-state index contributed by atoms with van der Waals surface area (Å²) in [6, 6.07) is 17.9. The van der Waals surface area contributed by atoms with Crippen LogP contribution in [0.2, 0.25) is 5.02 Å². The van der Waals surface area contributed by atoms with Crippen LogP contribution < -0.4 is 14.8 Å². The standard InChI is InChI=1S/C21H17ClN2O5/c1-28-20-12-15(21(25)23-17-4-2-3-5-18(17)24(26)27)8-11-19(20)29-13-14-6-9-16(22)10-7-14/h2-12H,13H2,1H3,(H,23,25). The number of nitro benzene ring substituents is 1. The van der Waals surface area contributed by atoms with Gasteiger partial charge in [0.1, 0.15) is 12.3 Å². The number of anilines is 1. The third-order valence-corrected chi connectivity index (χ3v) is 4.33. The number of methoxy groups -OCH3 is 1. The molecule has 8 heteroatoms. The number of hydrogen-bond donors (Lipinski definition) is 1. The zero-order valence-corrected chi connectivity index (χ0v) is 16.2. The highest BCUT2D eigenvalue weighted by Crippen LogP contribution is 2.30. The Labute approximate surface area is 172 Å². The van der Waals surface area contributed by atoms with Gasteiger partial charge in [0.05, 0.1) is 12.0 Å². The lowest BCUT2D eigenvalue weighted by atomic mass is 10.1. The van der Waals surface area contributed by atoms with Crippen LogP contribution in [0.15, 0.2) is 66.7 Å². The number of halogens is 1. The van der Waals surface area contributed by atoms with E-state index in [0.717, 1.165) is 5.56 Å². The molecule has 3 rings (SSSR count). The summed E-state index contributed by atoms with van der Waals surface area (Å²) in [5, 5.41) is 14.3. The highest BCUT2D eigenvalue weighted by Gasteiger charge is 2.17. The zero-order chi connectivity index (χ0) is 20.8. The van der Waals surface area contributed by atoms with Gasteiger partial charge in [0.15, 0.2) is 11.5 Å². The van der Waals surface area contributed by atoms with Gasteiger partial charge in [0.2, 0.25) is 0 Å². The Morgan fingerprint density at radius 1 is 1.07 bits per heavy atom. The van der Waals surface area contributed by atoms with Crippen molar-refractivity contribution in [3.8, 4) is 11.5 Å². The molecule has 0 aliphatic heterocycles. The molecule has 7 nitrogen and oxygen atoms in total. The molecule has 0 fully saturated rings. The molecule has 0 aliphatic rings. The number of nitrogens with zero attached hydrogens (tertiary/aromatic N) is 1. The molecule has 0 saturated carbocycles. The molecule has 148 valence electrons. The normalized spacial score (nSPS) is 10.3. The van der Waals surface area contributed by atoms with Gasteiger partial charge in [-0.15, -0.1) is 0 Å². The summed E-state index contributed by atoms with van der Waals surface area (Å²) in [5.74, 6) is 0.334. The quantitative estimate of drug-likeness (QED) is 0.431. The number of amides is 1. The number of carbonyl (C=O) groups excluding carboxylic acids is 1. The lowest BCUT2D eigenvalue weighted by Crippen LogP contribution is -2.13. The van der Waals surface area contributed by atoms with Crippen LogP contribution in [0.25, 0.3) is 0 Å². The first-order chi connectivity index (χ1) is 14.0. The lowest BCUT2D eigenvalue weighted by Gasteiger charge is -2.12. The van der Waals surface area contributed by atoms with Gasteiger partial charge >= 0.3 is 0 Å². The molecule has 0 spiro atoms. The smallest absolute Gasteiger partial charge is 0.292 e. The zero-order valence-electron chi connectivity index (χ0n) is 15.4. The third-order valence-electron chi connectivity index (χ3n) is 4.08. The number of rotatable bonds is 7. The van der Waals surface area contributed by atoms with E-state index >= 15 is 0 Å². The topological polar surface area (TPSA) is 90.7 Å². The molecule has 0 atom stereocenters. The van der Waals surface area contributed by atoms with E-state index in [0.29, 0.717) is 23.1 Å². The van der Waals surface area contributed by atoms with Crippen LogP contribution in [-0.4, -0.2) is 17.9 Å². The van der Waals surface area contributed by atoms with Gasteiger partial charge in [-0.1, -0.05) is 35.9 Å². The maximum atomic E-state index is 12.5. The Morgan fingerprint density at radius 3 is 2.48 bits per heavy atom. The summed E-state index contributed by atoms with van der Waals surface area (Å²) in [6.45, 7) is 0.301. The molecule has 0 heterocycles. The second kappa shape index (κ2) is 9.07. The van der Waals surface area contributed by atoms with E-state index in [1.165, 1.54) is 31.4 Å². The summed E-state index contributed by atoms with van der Waals surface area (Å²) in [5.41, 5.74) is 1.13. The average Bonchev–Trinajstić information content (AvgIpc) is 2.73. The maximum absolute atomic E-state index is 12.5. The van der Waals surface area contributed by atoms with Crippen molar-refractivity contribution in [2.24, 2.45) is 0 Å². The van der Waals surface area contributed by atoms with Crippen LogP contribution in [0, 0.1) is 10.1 Å². The fraction of sp³-hybridized carbons (Fsp3) is 0.0952. The first-order valence-electron chi connectivity index (χ1n) is 8.58. The Kier molecular flexibility index (Phi) is 6.31. The average molecular weight is 413 g/mol. The Balaban J connectivity index is 1.75. The number of hydrogen-bond acceptors (Lipinski definition) is 5. The van der Waals surface area contributed by atoms with Crippen molar-refractivity contribution in [1.82, 2.24) is 0 Å². The minimum absolute atomic E-state index is 0.115. The number of nitro groups is 1. The van der Waals surface area contributed by atoms with Crippen molar-refractivity contribution in [3.63, 3.8) is 0 Å². The van der Waals surface area contributed by atoms with Crippen molar-refractivity contribution < 1.29 is 19.2 Å². The SMILES string of the molecule is COc1cc(C(=O)Nc2ccccc2[N+](=O)[O-])ccc1OCc1ccc(Cl)cc1. The van der Waals surface area contributed by atoms with Crippen molar-refractivity contribution in [1.29, 1.82) is 0 Å². The lowest BCUT2D eigenvalue weighted by molar-refractivity contribution is -0.383. The van der Waals surface area contributed by atoms with E-state index < -0.39 is 10.8 Å². The number of nitrogens with one attached hydrogen (secondary N) is 1. The minimum atomic E-state index is -0.552. The molecule has 0 aromatic heterocycles. The third kappa shape index (κ3) is 5.03. The van der Waals surface area contributed by atoms with Gasteiger partial charge in [-0.3, -0.25) is 14.9 Å². The van der Waals surface area contributed by atoms with Crippen LogP contribution in [0.5, 0.6) is 11.5 Å². The summed E-state index contributed by atoms with van der Waals surface area (Å²) >= 11 is 5.87. The van der Waals surface area contributed by atoms with Crippen LogP contribution in [-0.2, 0) is 6.61 Å². The molecule has 3 aromatic rings. The highest BCUT2D eigenvalue weighted by molar-refractivity contribution is 6.30. The second-order valence-electron chi connectivity index (χ2n) is 6.01.